The lowest BCUT2D eigenvalue weighted by atomic mass is 10.0. The lowest BCUT2D eigenvalue weighted by Gasteiger charge is -2.18. The fraction of sp³-hybridized carbons (Fsp3) is 0.100. The third kappa shape index (κ3) is 4.98. The summed E-state index contributed by atoms with van der Waals surface area (Å²) in [4.78, 5) is 25.5. The van der Waals surface area contributed by atoms with Crippen LogP contribution >= 0.6 is 11.3 Å². The fourth-order valence-electron chi connectivity index (χ4n) is 2.51. The van der Waals surface area contributed by atoms with Gasteiger partial charge in [0.05, 0.1) is 10.6 Å². The van der Waals surface area contributed by atoms with Crippen LogP contribution in [0.3, 0.4) is 0 Å². The van der Waals surface area contributed by atoms with Crippen LogP contribution in [-0.2, 0) is 11.2 Å². The maximum atomic E-state index is 13.8. The van der Waals surface area contributed by atoms with Crippen LogP contribution in [-0.4, -0.2) is 17.9 Å². The molecule has 1 heterocycles. The molecular weight excluding hydrogens is 370 g/mol. The van der Waals surface area contributed by atoms with Crippen LogP contribution in [0.25, 0.3) is 0 Å². The van der Waals surface area contributed by atoms with Crippen molar-refractivity contribution in [2.45, 2.75) is 12.5 Å². The number of carbonyl (C=O) groups excluding carboxylic acids is 2. The average Bonchev–Trinajstić information content (AvgIpc) is 3.19. The predicted octanol–water partition coefficient (Wildman–Crippen LogP) is 4.01. The SMILES string of the molecule is O=C(NC(Cc1ccccc1)C(=O)Nc1ccc(F)cc1F)c1cccs1. The molecule has 138 valence electrons. The molecule has 1 aromatic heterocycles. The first-order chi connectivity index (χ1) is 13.0. The molecule has 2 amide bonds. The number of thiophene rings is 1. The minimum atomic E-state index is -0.925. The second-order valence-corrected chi connectivity index (χ2v) is 6.75. The molecule has 7 heteroatoms. The van der Waals surface area contributed by atoms with Gasteiger partial charge in [-0.05, 0) is 29.1 Å². The van der Waals surface area contributed by atoms with Gasteiger partial charge in [0, 0.05) is 12.5 Å². The summed E-state index contributed by atoms with van der Waals surface area (Å²) in [6.45, 7) is 0. The zero-order valence-corrected chi connectivity index (χ0v) is 14.9. The van der Waals surface area contributed by atoms with Gasteiger partial charge in [0.25, 0.3) is 5.91 Å². The fourth-order valence-corrected chi connectivity index (χ4v) is 3.13. The van der Waals surface area contributed by atoms with Gasteiger partial charge in [-0.1, -0.05) is 36.4 Å². The summed E-state index contributed by atoms with van der Waals surface area (Å²) in [5.74, 6) is -2.60. The first kappa shape index (κ1) is 18.7. The van der Waals surface area contributed by atoms with Crippen molar-refractivity contribution in [3.05, 3.63) is 88.1 Å². The molecule has 2 N–H and O–H groups in total. The molecule has 0 aliphatic rings. The molecule has 0 spiro atoms. The molecule has 3 rings (SSSR count). The first-order valence-electron chi connectivity index (χ1n) is 8.17. The molecule has 3 aromatic rings. The van der Waals surface area contributed by atoms with Gasteiger partial charge >= 0.3 is 0 Å². The number of hydrogen-bond acceptors (Lipinski definition) is 3. The summed E-state index contributed by atoms with van der Waals surface area (Å²) >= 11 is 1.25. The van der Waals surface area contributed by atoms with Gasteiger partial charge in [0.1, 0.15) is 17.7 Å². The molecule has 0 bridgehead atoms. The number of hydrogen-bond donors (Lipinski definition) is 2. The molecule has 0 fully saturated rings. The van der Waals surface area contributed by atoms with E-state index in [-0.39, 0.29) is 18.0 Å². The van der Waals surface area contributed by atoms with E-state index in [4.69, 9.17) is 0 Å². The molecule has 0 aliphatic carbocycles. The van der Waals surface area contributed by atoms with Crippen LogP contribution in [0.5, 0.6) is 0 Å². The van der Waals surface area contributed by atoms with E-state index in [1.54, 1.807) is 17.5 Å². The number of nitrogens with one attached hydrogen (secondary N) is 2. The predicted molar refractivity (Wildman–Crippen MR) is 101 cm³/mol. The van der Waals surface area contributed by atoms with Gasteiger partial charge in [-0.15, -0.1) is 11.3 Å². The number of carbonyl (C=O) groups is 2. The van der Waals surface area contributed by atoms with E-state index >= 15 is 0 Å². The van der Waals surface area contributed by atoms with Crippen LogP contribution in [0.2, 0.25) is 0 Å². The Hall–Kier alpha value is -3.06. The molecule has 1 unspecified atom stereocenters. The van der Waals surface area contributed by atoms with Crippen LogP contribution in [0.15, 0.2) is 66.0 Å². The highest BCUT2D eigenvalue weighted by molar-refractivity contribution is 7.12. The summed E-state index contributed by atoms with van der Waals surface area (Å²) in [5.41, 5.74) is 0.688. The molecule has 0 saturated carbocycles. The Kier molecular flexibility index (Phi) is 5.93. The minimum Gasteiger partial charge on any atom is -0.339 e. The molecule has 27 heavy (non-hydrogen) atoms. The van der Waals surface area contributed by atoms with Crippen molar-refractivity contribution < 1.29 is 18.4 Å². The highest BCUT2D eigenvalue weighted by atomic mass is 32.1. The highest BCUT2D eigenvalue weighted by Crippen LogP contribution is 2.16. The molecule has 0 saturated heterocycles. The zero-order valence-electron chi connectivity index (χ0n) is 14.1. The first-order valence-corrected chi connectivity index (χ1v) is 9.05. The summed E-state index contributed by atoms with van der Waals surface area (Å²) in [6.07, 6.45) is 0.229. The van der Waals surface area contributed by atoms with E-state index in [1.165, 1.54) is 11.3 Å². The molecule has 2 aromatic carbocycles. The molecule has 0 aliphatic heterocycles. The van der Waals surface area contributed by atoms with Crippen molar-refractivity contribution in [2.24, 2.45) is 0 Å². The van der Waals surface area contributed by atoms with Crippen molar-refractivity contribution in [3.63, 3.8) is 0 Å². The molecule has 4 nitrogen and oxygen atoms in total. The standard InChI is InChI=1S/C20H16F2N2O2S/c21-14-8-9-16(15(22)12-14)23-19(25)17(11-13-5-2-1-3-6-13)24-20(26)18-7-4-10-27-18/h1-10,12,17H,11H2,(H,23,25)(H,24,26). The summed E-state index contributed by atoms with van der Waals surface area (Å²) in [6, 6.07) is 14.5. The zero-order chi connectivity index (χ0) is 19.2. The van der Waals surface area contributed by atoms with E-state index in [2.05, 4.69) is 10.6 Å². The number of rotatable bonds is 6. The van der Waals surface area contributed by atoms with Gasteiger partial charge in [-0.2, -0.15) is 0 Å². The second kappa shape index (κ2) is 8.55. The Morgan fingerprint density at radius 3 is 2.44 bits per heavy atom. The number of benzene rings is 2. The molecule has 0 radical (unpaired) electrons. The number of amides is 2. The van der Waals surface area contributed by atoms with E-state index < -0.39 is 23.6 Å². The Morgan fingerprint density at radius 2 is 1.78 bits per heavy atom. The minimum absolute atomic E-state index is 0.148. The van der Waals surface area contributed by atoms with Gasteiger partial charge in [0.15, 0.2) is 0 Å². The lowest BCUT2D eigenvalue weighted by molar-refractivity contribution is -0.118. The summed E-state index contributed by atoms with van der Waals surface area (Å²) < 4.78 is 26.9. The average molecular weight is 386 g/mol. The Bertz CT molecular complexity index is 930. The molecule has 1 atom stereocenters. The van der Waals surface area contributed by atoms with Gasteiger partial charge in [-0.3, -0.25) is 9.59 Å². The summed E-state index contributed by atoms with van der Waals surface area (Å²) in [7, 11) is 0. The number of anilines is 1. The van der Waals surface area contributed by atoms with Crippen molar-refractivity contribution in [2.75, 3.05) is 5.32 Å². The van der Waals surface area contributed by atoms with Crippen LogP contribution in [0.1, 0.15) is 15.2 Å². The third-order valence-electron chi connectivity index (χ3n) is 3.84. The van der Waals surface area contributed by atoms with E-state index in [0.29, 0.717) is 10.9 Å². The van der Waals surface area contributed by atoms with Gasteiger partial charge in [0.2, 0.25) is 5.91 Å². The van der Waals surface area contributed by atoms with Gasteiger partial charge < -0.3 is 10.6 Å². The third-order valence-corrected chi connectivity index (χ3v) is 4.71. The van der Waals surface area contributed by atoms with Crippen LogP contribution in [0, 0.1) is 11.6 Å². The topological polar surface area (TPSA) is 58.2 Å². The second-order valence-electron chi connectivity index (χ2n) is 5.81. The smallest absolute Gasteiger partial charge is 0.262 e. The summed E-state index contributed by atoms with van der Waals surface area (Å²) in [5, 5.41) is 6.86. The van der Waals surface area contributed by atoms with Crippen LogP contribution < -0.4 is 10.6 Å². The Morgan fingerprint density at radius 1 is 1.00 bits per heavy atom. The van der Waals surface area contributed by atoms with E-state index in [9.17, 15) is 18.4 Å². The van der Waals surface area contributed by atoms with Crippen molar-refractivity contribution in [3.8, 4) is 0 Å². The normalized spacial score (nSPS) is 11.6. The van der Waals surface area contributed by atoms with E-state index in [1.807, 2.05) is 30.3 Å². The molecular formula is C20H16F2N2O2S. The Balaban J connectivity index is 1.79. The van der Waals surface area contributed by atoms with Crippen molar-refractivity contribution in [1.82, 2.24) is 5.32 Å². The quantitative estimate of drug-likeness (QED) is 0.673. The van der Waals surface area contributed by atoms with Crippen molar-refractivity contribution in [1.29, 1.82) is 0 Å². The maximum absolute atomic E-state index is 13.8. The van der Waals surface area contributed by atoms with E-state index in [0.717, 1.165) is 17.7 Å². The highest BCUT2D eigenvalue weighted by Gasteiger charge is 2.23. The number of halogens is 2. The van der Waals surface area contributed by atoms with Crippen LogP contribution in [0.4, 0.5) is 14.5 Å². The van der Waals surface area contributed by atoms with Gasteiger partial charge in [-0.25, -0.2) is 8.78 Å². The monoisotopic (exact) mass is 386 g/mol. The maximum Gasteiger partial charge on any atom is 0.262 e. The van der Waals surface area contributed by atoms with Crippen molar-refractivity contribution >= 4 is 28.8 Å². The lowest BCUT2D eigenvalue weighted by Crippen LogP contribution is -2.45. The largest absolute Gasteiger partial charge is 0.339 e. The Labute approximate surface area is 158 Å².